The molecule has 3 aromatic rings. The number of benzene rings is 1. The average Bonchev–Trinajstić information content (AvgIpc) is 3.09. The van der Waals surface area contributed by atoms with Crippen LogP contribution in [0, 0.1) is 6.92 Å². The van der Waals surface area contributed by atoms with Crippen molar-refractivity contribution < 1.29 is 9.21 Å². The molecule has 0 spiro atoms. The minimum absolute atomic E-state index is 0.149. The fourth-order valence-electron chi connectivity index (χ4n) is 2.78. The zero-order valence-corrected chi connectivity index (χ0v) is 12.2. The fourth-order valence-corrected chi connectivity index (χ4v) is 2.78. The Labute approximate surface area is 127 Å². The van der Waals surface area contributed by atoms with Gasteiger partial charge in [0.15, 0.2) is 0 Å². The standard InChI is InChI=1S/C16H16N4O2/c1-10-7-12-8-11(3-4-14(12)22-10)16(21)19-13-9-18-20-6-2-5-17-15(13)20/h3-4,7-9,17H,2,5-6H2,1H3,(H,19,21). The summed E-state index contributed by atoms with van der Waals surface area (Å²) in [4.78, 5) is 12.4. The van der Waals surface area contributed by atoms with Gasteiger partial charge in [-0.1, -0.05) is 0 Å². The van der Waals surface area contributed by atoms with Crippen LogP contribution in [0.25, 0.3) is 11.0 Å². The highest BCUT2D eigenvalue weighted by Gasteiger charge is 2.17. The Balaban J connectivity index is 1.61. The maximum absolute atomic E-state index is 12.4. The van der Waals surface area contributed by atoms with Gasteiger partial charge in [0.2, 0.25) is 0 Å². The predicted molar refractivity (Wildman–Crippen MR) is 84.2 cm³/mol. The first-order valence-corrected chi connectivity index (χ1v) is 7.32. The highest BCUT2D eigenvalue weighted by atomic mass is 16.3. The van der Waals surface area contributed by atoms with E-state index in [1.54, 1.807) is 12.3 Å². The second-order valence-electron chi connectivity index (χ2n) is 5.47. The van der Waals surface area contributed by atoms with E-state index in [4.69, 9.17) is 4.42 Å². The molecule has 0 saturated heterocycles. The highest BCUT2D eigenvalue weighted by molar-refractivity contribution is 6.07. The monoisotopic (exact) mass is 296 g/mol. The molecular formula is C16H16N4O2. The van der Waals surface area contributed by atoms with Gasteiger partial charge in [0, 0.05) is 24.0 Å². The summed E-state index contributed by atoms with van der Waals surface area (Å²) in [5, 5.41) is 11.4. The largest absolute Gasteiger partial charge is 0.461 e. The van der Waals surface area contributed by atoms with Gasteiger partial charge < -0.3 is 15.1 Å². The van der Waals surface area contributed by atoms with Crippen molar-refractivity contribution in [3.05, 3.63) is 41.8 Å². The molecule has 6 nitrogen and oxygen atoms in total. The molecule has 22 heavy (non-hydrogen) atoms. The lowest BCUT2D eigenvalue weighted by Gasteiger charge is -2.17. The number of aryl methyl sites for hydroxylation is 2. The van der Waals surface area contributed by atoms with E-state index in [0.717, 1.165) is 42.1 Å². The molecule has 0 aliphatic carbocycles. The molecule has 1 amide bonds. The first-order chi connectivity index (χ1) is 10.7. The van der Waals surface area contributed by atoms with Gasteiger partial charge in [-0.05, 0) is 37.6 Å². The lowest BCUT2D eigenvalue weighted by atomic mass is 10.1. The molecule has 3 heterocycles. The molecule has 0 unspecified atom stereocenters. The van der Waals surface area contributed by atoms with E-state index in [0.29, 0.717) is 11.3 Å². The SMILES string of the molecule is Cc1cc2cc(C(=O)Nc3cnn4c3NCCC4)ccc2o1. The van der Waals surface area contributed by atoms with Crippen molar-refractivity contribution in [2.45, 2.75) is 19.9 Å². The van der Waals surface area contributed by atoms with Gasteiger partial charge in [0.1, 0.15) is 22.8 Å². The summed E-state index contributed by atoms with van der Waals surface area (Å²) >= 11 is 0. The van der Waals surface area contributed by atoms with E-state index in [2.05, 4.69) is 15.7 Å². The Morgan fingerprint density at radius 3 is 3.23 bits per heavy atom. The number of rotatable bonds is 2. The molecular weight excluding hydrogens is 280 g/mol. The number of amides is 1. The smallest absolute Gasteiger partial charge is 0.255 e. The van der Waals surface area contributed by atoms with Gasteiger partial charge in [0.25, 0.3) is 5.91 Å². The summed E-state index contributed by atoms with van der Waals surface area (Å²) < 4.78 is 7.40. The minimum Gasteiger partial charge on any atom is -0.461 e. The molecule has 1 aliphatic rings. The Kier molecular flexibility index (Phi) is 2.89. The Morgan fingerprint density at radius 1 is 1.41 bits per heavy atom. The molecule has 1 aromatic carbocycles. The van der Waals surface area contributed by atoms with E-state index >= 15 is 0 Å². The number of fused-ring (bicyclic) bond motifs is 2. The number of carbonyl (C=O) groups is 1. The molecule has 2 N–H and O–H groups in total. The molecule has 0 saturated carbocycles. The number of aromatic nitrogens is 2. The average molecular weight is 296 g/mol. The predicted octanol–water partition coefficient (Wildman–Crippen LogP) is 3.01. The van der Waals surface area contributed by atoms with E-state index < -0.39 is 0 Å². The molecule has 0 fully saturated rings. The number of anilines is 2. The molecule has 6 heteroatoms. The van der Waals surface area contributed by atoms with Crippen LogP contribution in [0.15, 0.2) is 34.9 Å². The fraction of sp³-hybridized carbons (Fsp3) is 0.250. The van der Waals surface area contributed by atoms with Crippen molar-refractivity contribution in [1.82, 2.24) is 9.78 Å². The summed E-state index contributed by atoms with van der Waals surface area (Å²) in [5.41, 5.74) is 2.11. The van der Waals surface area contributed by atoms with Crippen LogP contribution in [-0.2, 0) is 6.54 Å². The summed E-state index contributed by atoms with van der Waals surface area (Å²) in [7, 11) is 0. The number of nitrogens with zero attached hydrogens (tertiary/aromatic N) is 2. The van der Waals surface area contributed by atoms with E-state index in [9.17, 15) is 4.79 Å². The van der Waals surface area contributed by atoms with Gasteiger partial charge in [-0.3, -0.25) is 4.79 Å². The summed E-state index contributed by atoms with van der Waals surface area (Å²) in [6.45, 7) is 3.66. The number of hydrogen-bond donors (Lipinski definition) is 2. The van der Waals surface area contributed by atoms with E-state index in [-0.39, 0.29) is 5.91 Å². The second kappa shape index (κ2) is 4.91. The van der Waals surface area contributed by atoms with Crippen molar-refractivity contribution in [3.8, 4) is 0 Å². The van der Waals surface area contributed by atoms with Crippen LogP contribution in [0.2, 0.25) is 0 Å². The third-order valence-corrected chi connectivity index (χ3v) is 3.83. The van der Waals surface area contributed by atoms with Gasteiger partial charge in [0.05, 0.1) is 6.20 Å². The number of nitrogens with one attached hydrogen (secondary N) is 2. The van der Waals surface area contributed by atoms with Crippen LogP contribution >= 0.6 is 0 Å². The quantitative estimate of drug-likeness (QED) is 0.762. The van der Waals surface area contributed by atoms with Crippen LogP contribution in [-0.4, -0.2) is 22.2 Å². The summed E-state index contributed by atoms with van der Waals surface area (Å²) in [5.74, 6) is 1.56. The normalized spacial score (nSPS) is 13.7. The third-order valence-electron chi connectivity index (χ3n) is 3.83. The van der Waals surface area contributed by atoms with E-state index in [1.165, 1.54) is 0 Å². The van der Waals surface area contributed by atoms with Crippen LogP contribution in [0.1, 0.15) is 22.5 Å². The van der Waals surface area contributed by atoms with Crippen molar-refractivity contribution in [1.29, 1.82) is 0 Å². The lowest BCUT2D eigenvalue weighted by Crippen LogP contribution is -2.19. The molecule has 2 aromatic heterocycles. The Hall–Kier alpha value is -2.76. The zero-order valence-electron chi connectivity index (χ0n) is 12.2. The molecule has 0 bridgehead atoms. The number of furan rings is 1. The Morgan fingerprint density at radius 2 is 2.32 bits per heavy atom. The van der Waals surface area contributed by atoms with Crippen LogP contribution in [0.3, 0.4) is 0 Å². The van der Waals surface area contributed by atoms with Gasteiger partial charge in [-0.2, -0.15) is 5.10 Å². The molecule has 0 atom stereocenters. The molecule has 4 rings (SSSR count). The van der Waals surface area contributed by atoms with Crippen LogP contribution in [0.4, 0.5) is 11.5 Å². The van der Waals surface area contributed by atoms with Gasteiger partial charge in [-0.15, -0.1) is 0 Å². The van der Waals surface area contributed by atoms with Gasteiger partial charge >= 0.3 is 0 Å². The van der Waals surface area contributed by atoms with Crippen molar-refractivity contribution in [3.63, 3.8) is 0 Å². The summed E-state index contributed by atoms with van der Waals surface area (Å²) in [6, 6.07) is 7.35. The van der Waals surface area contributed by atoms with Crippen LogP contribution < -0.4 is 10.6 Å². The topological polar surface area (TPSA) is 72.1 Å². The van der Waals surface area contributed by atoms with Crippen molar-refractivity contribution >= 4 is 28.4 Å². The third kappa shape index (κ3) is 2.13. The lowest BCUT2D eigenvalue weighted by molar-refractivity contribution is 0.102. The van der Waals surface area contributed by atoms with E-state index in [1.807, 2.05) is 29.8 Å². The number of carbonyl (C=O) groups excluding carboxylic acids is 1. The molecule has 0 radical (unpaired) electrons. The molecule has 112 valence electrons. The Bertz CT molecular complexity index is 862. The first kappa shape index (κ1) is 12.9. The summed E-state index contributed by atoms with van der Waals surface area (Å²) in [6.07, 6.45) is 2.73. The minimum atomic E-state index is -0.149. The van der Waals surface area contributed by atoms with Crippen LogP contribution in [0.5, 0.6) is 0 Å². The van der Waals surface area contributed by atoms with Crippen molar-refractivity contribution in [2.24, 2.45) is 0 Å². The van der Waals surface area contributed by atoms with Gasteiger partial charge in [-0.25, -0.2) is 4.68 Å². The maximum atomic E-state index is 12.4. The second-order valence-corrected chi connectivity index (χ2v) is 5.47. The first-order valence-electron chi connectivity index (χ1n) is 7.32. The number of hydrogen-bond acceptors (Lipinski definition) is 4. The zero-order chi connectivity index (χ0) is 15.1. The maximum Gasteiger partial charge on any atom is 0.255 e. The van der Waals surface area contributed by atoms with Crippen molar-refractivity contribution in [2.75, 3.05) is 17.2 Å². The molecule has 1 aliphatic heterocycles. The highest BCUT2D eigenvalue weighted by Crippen LogP contribution is 2.25.